The van der Waals surface area contributed by atoms with E-state index >= 15 is 0 Å². The highest BCUT2D eigenvalue weighted by molar-refractivity contribution is 7.20. The molecule has 0 saturated carbocycles. The van der Waals surface area contributed by atoms with Gasteiger partial charge in [-0.1, -0.05) is 24.8 Å². The SMILES string of the molecule is C=C(C)c1cc2ccc(C(=O)OC)c(OCc3ccc(OC(F)(F)F)cc3)c2s1. The van der Waals surface area contributed by atoms with Crippen LogP contribution >= 0.6 is 11.3 Å². The predicted octanol–water partition coefficient (Wildman–Crippen LogP) is 6.20. The van der Waals surface area contributed by atoms with Crippen molar-refractivity contribution in [2.24, 2.45) is 0 Å². The maximum absolute atomic E-state index is 12.3. The van der Waals surface area contributed by atoms with Crippen LogP contribution in [0.1, 0.15) is 27.7 Å². The van der Waals surface area contributed by atoms with Crippen LogP contribution in [0.3, 0.4) is 0 Å². The summed E-state index contributed by atoms with van der Waals surface area (Å²) in [4.78, 5) is 13.1. The van der Waals surface area contributed by atoms with Crippen molar-refractivity contribution in [3.05, 3.63) is 65.0 Å². The summed E-state index contributed by atoms with van der Waals surface area (Å²) < 4.78 is 52.2. The number of rotatable bonds is 6. The number of ether oxygens (including phenoxy) is 3. The second-order valence-corrected chi connectivity index (χ2v) is 7.28. The van der Waals surface area contributed by atoms with E-state index in [-0.39, 0.29) is 17.9 Å². The number of esters is 1. The van der Waals surface area contributed by atoms with E-state index in [2.05, 4.69) is 11.3 Å². The molecule has 0 amide bonds. The first-order chi connectivity index (χ1) is 13.7. The molecule has 1 aromatic heterocycles. The largest absolute Gasteiger partial charge is 0.573 e. The van der Waals surface area contributed by atoms with Gasteiger partial charge < -0.3 is 14.2 Å². The molecule has 0 spiro atoms. The molecule has 29 heavy (non-hydrogen) atoms. The standard InChI is InChI=1S/C21H17F3O4S/c1-12(2)17-10-14-6-9-16(20(25)26-3)18(19(14)29-17)27-11-13-4-7-15(8-5-13)28-21(22,23)24/h4-10H,1,11H2,2-3H3. The fraction of sp³-hybridized carbons (Fsp3) is 0.190. The fourth-order valence-electron chi connectivity index (χ4n) is 2.64. The van der Waals surface area contributed by atoms with E-state index in [1.165, 1.54) is 42.7 Å². The summed E-state index contributed by atoms with van der Waals surface area (Å²) in [6.07, 6.45) is -4.75. The molecule has 0 fully saturated rings. The normalized spacial score (nSPS) is 11.3. The first kappa shape index (κ1) is 20.7. The van der Waals surface area contributed by atoms with Gasteiger partial charge in [0.2, 0.25) is 0 Å². The molecule has 1 heterocycles. The molecule has 8 heteroatoms. The van der Waals surface area contributed by atoms with Crippen LogP contribution in [0.4, 0.5) is 13.2 Å². The van der Waals surface area contributed by atoms with Crippen molar-refractivity contribution in [2.45, 2.75) is 19.9 Å². The van der Waals surface area contributed by atoms with Gasteiger partial charge in [-0.2, -0.15) is 0 Å². The Bertz CT molecular complexity index is 1050. The number of methoxy groups -OCH3 is 1. The highest BCUT2D eigenvalue weighted by atomic mass is 32.1. The number of hydrogen-bond donors (Lipinski definition) is 0. The number of carbonyl (C=O) groups is 1. The number of fused-ring (bicyclic) bond motifs is 1. The van der Waals surface area contributed by atoms with Gasteiger partial charge in [-0.15, -0.1) is 24.5 Å². The van der Waals surface area contributed by atoms with Crippen LogP contribution in [0.5, 0.6) is 11.5 Å². The third kappa shape index (κ3) is 4.89. The zero-order valence-corrected chi connectivity index (χ0v) is 16.4. The molecule has 0 atom stereocenters. The zero-order chi connectivity index (χ0) is 21.2. The number of benzene rings is 2. The van der Waals surface area contributed by atoms with Crippen LogP contribution in [-0.2, 0) is 11.3 Å². The number of thiophene rings is 1. The molecule has 0 radical (unpaired) electrons. The number of alkyl halides is 3. The van der Waals surface area contributed by atoms with E-state index in [1.54, 1.807) is 12.1 Å². The summed E-state index contributed by atoms with van der Waals surface area (Å²) in [6.45, 7) is 5.87. The Morgan fingerprint density at radius 1 is 1.14 bits per heavy atom. The van der Waals surface area contributed by atoms with E-state index in [1.807, 2.05) is 13.0 Å². The molecule has 0 N–H and O–H groups in total. The van der Waals surface area contributed by atoms with Gasteiger partial charge in [0.05, 0.1) is 11.8 Å². The minimum atomic E-state index is -4.75. The van der Waals surface area contributed by atoms with Gasteiger partial charge in [-0.05, 0) is 47.7 Å². The average Bonchev–Trinajstić information content (AvgIpc) is 3.10. The smallest absolute Gasteiger partial charge is 0.486 e. The van der Waals surface area contributed by atoms with E-state index in [0.29, 0.717) is 11.3 Å². The summed E-state index contributed by atoms with van der Waals surface area (Å²) in [6, 6.07) is 10.7. The molecule has 0 aliphatic rings. The van der Waals surface area contributed by atoms with Crippen molar-refractivity contribution >= 4 is 33.0 Å². The van der Waals surface area contributed by atoms with Gasteiger partial charge in [0, 0.05) is 4.88 Å². The lowest BCUT2D eigenvalue weighted by Crippen LogP contribution is -2.17. The second-order valence-electron chi connectivity index (χ2n) is 6.22. The quantitative estimate of drug-likeness (QED) is 0.444. The Labute approximate surface area is 169 Å². The van der Waals surface area contributed by atoms with Crippen LogP contribution in [0.15, 0.2) is 49.0 Å². The van der Waals surface area contributed by atoms with Gasteiger partial charge in [0.25, 0.3) is 0 Å². The van der Waals surface area contributed by atoms with Crippen molar-refractivity contribution in [3.8, 4) is 11.5 Å². The predicted molar refractivity (Wildman–Crippen MR) is 105 cm³/mol. The van der Waals surface area contributed by atoms with Gasteiger partial charge in [0.1, 0.15) is 17.9 Å². The molecule has 3 rings (SSSR count). The minimum absolute atomic E-state index is 0.0513. The second kappa shape index (κ2) is 8.16. The fourth-order valence-corrected chi connectivity index (χ4v) is 3.73. The molecule has 0 aliphatic carbocycles. The van der Waals surface area contributed by atoms with Crippen molar-refractivity contribution in [1.29, 1.82) is 0 Å². The van der Waals surface area contributed by atoms with Crippen LogP contribution < -0.4 is 9.47 Å². The first-order valence-electron chi connectivity index (χ1n) is 8.46. The Kier molecular flexibility index (Phi) is 5.83. The molecule has 152 valence electrons. The van der Waals surface area contributed by atoms with E-state index in [0.717, 1.165) is 20.5 Å². The van der Waals surface area contributed by atoms with E-state index < -0.39 is 12.3 Å². The number of halogens is 3. The lowest BCUT2D eigenvalue weighted by Gasteiger charge is -2.12. The molecule has 0 saturated heterocycles. The summed E-state index contributed by atoms with van der Waals surface area (Å²) in [7, 11) is 1.28. The lowest BCUT2D eigenvalue weighted by molar-refractivity contribution is -0.274. The topological polar surface area (TPSA) is 44.8 Å². The molecule has 0 unspecified atom stereocenters. The van der Waals surface area contributed by atoms with Gasteiger partial charge in [-0.3, -0.25) is 0 Å². The van der Waals surface area contributed by atoms with Crippen molar-refractivity contribution in [1.82, 2.24) is 0 Å². The maximum atomic E-state index is 12.3. The van der Waals surface area contributed by atoms with Crippen LogP contribution in [-0.4, -0.2) is 19.4 Å². The molecule has 0 aliphatic heterocycles. The Morgan fingerprint density at radius 3 is 2.41 bits per heavy atom. The van der Waals surface area contributed by atoms with Crippen molar-refractivity contribution in [3.63, 3.8) is 0 Å². The van der Waals surface area contributed by atoms with E-state index in [9.17, 15) is 18.0 Å². The molecular weight excluding hydrogens is 405 g/mol. The average molecular weight is 422 g/mol. The highest BCUT2D eigenvalue weighted by Gasteiger charge is 2.31. The van der Waals surface area contributed by atoms with Gasteiger partial charge >= 0.3 is 12.3 Å². The number of carbonyl (C=O) groups excluding carboxylic acids is 1. The summed E-state index contributed by atoms with van der Waals surface area (Å²) in [5.74, 6) is -0.494. The summed E-state index contributed by atoms with van der Waals surface area (Å²) >= 11 is 1.44. The molecule has 4 nitrogen and oxygen atoms in total. The highest BCUT2D eigenvalue weighted by Crippen LogP contribution is 2.39. The van der Waals surface area contributed by atoms with Crippen LogP contribution in [0, 0.1) is 0 Å². The third-order valence-corrected chi connectivity index (χ3v) is 5.32. The summed E-state index contributed by atoms with van der Waals surface area (Å²) in [5.41, 5.74) is 1.77. The van der Waals surface area contributed by atoms with Crippen molar-refractivity contribution in [2.75, 3.05) is 7.11 Å². The van der Waals surface area contributed by atoms with Crippen LogP contribution in [0.25, 0.3) is 15.7 Å². The number of hydrogen-bond acceptors (Lipinski definition) is 5. The zero-order valence-electron chi connectivity index (χ0n) is 15.6. The van der Waals surface area contributed by atoms with Gasteiger partial charge in [-0.25, -0.2) is 4.79 Å². The number of allylic oxidation sites excluding steroid dienone is 1. The molecule has 0 bridgehead atoms. The first-order valence-corrected chi connectivity index (χ1v) is 9.28. The monoisotopic (exact) mass is 422 g/mol. The molecular formula is C21H17F3O4S. The molecule has 2 aromatic carbocycles. The van der Waals surface area contributed by atoms with E-state index in [4.69, 9.17) is 9.47 Å². The molecule has 3 aromatic rings. The Hall–Kier alpha value is -3.00. The summed E-state index contributed by atoms with van der Waals surface area (Å²) in [5, 5.41) is 0.893. The Balaban J connectivity index is 1.89. The minimum Gasteiger partial charge on any atom is -0.486 e. The van der Waals surface area contributed by atoms with Crippen LogP contribution in [0.2, 0.25) is 0 Å². The lowest BCUT2D eigenvalue weighted by atomic mass is 10.1. The van der Waals surface area contributed by atoms with Gasteiger partial charge in [0.15, 0.2) is 5.75 Å². The maximum Gasteiger partial charge on any atom is 0.573 e. The Morgan fingerprint density at radius 2 is 1.83 bits per heavy atom. The van der Waals surface area contributed by atoms with Crippen molar-refractivity contribution < 1.29 is 32.2 Å². The third-order valence-electron chi connectivity index (χ3n) is 4.01.